The second-order valence-electron chi connectivity index (χ2n) is 5.03. The molecule has 0 spiro atoms. The van der Waals surface area contributed by atoms with Gasteiger partial charge < -0.3 is 10.6 Å². The molecule has 0 atom stereocenters. The highest BCUT2D eigenvalue weighted by Gasteiger charge is 2.03. The molecule has 7 heteroatoms. The minimum absolute atomic E-state index is 0.622. The fourth-order valence-electron chi connectivity index (χ4n) is 2.01. The van der Waals surface area contributed by atoms with E-state index in [1.165, 1.54) is 9.88 Å². The van der Waals surface area contributed by atoms with Crippen molar-refractivity contribution in [2.75, 3.05) is 13.1 Å². The third-order valence-corrected chi connectivity index (χ3v) is 5.41. The summed E-state index contributed by atoms with van der Waals surface area (Å²) >= 11 is 3.48. The molecule has 0 bridgehead atoms. The van der Waals surface area contributed by atoms with Crippen LogP contribution in [0.25, 0.3) is 0 Å². The lowest BCUT2D eigenvalue weighted by Crippen LogP contribution is -2.38. The number of nitrogens with zero attached hydrogens (tertiary/aromatic N) is 3. The average molecular weight is 352 g/mol. The summed E-state index contributed by atoms with van der Waals surface area (Å²) in [4.78, 5) is 14.9. The summed E-state index contributed by atoms with van der Waals surface area (Å²) in [5.74, 6) is 0.840. The minimum Gasteiger partial charge on any atom is -0.357 e. The van der Waals surface area contributed by atoms with Crippen molar-refractivity contribution in [1.29, 1.82) is 0 Å². The summed E-state index contributed by atoms with van der Waals surface area (Å²) in [6.45, 7) is 8.66. The number of nitrogens with one attached hydrogen (secondary N) is 2. The summed E-state index contributed by atoms with van der Waals surface area (Å²) in [5.41, 5.74) is 1.16. The number of aliphatic imine (C=N–C) groups is 1. The van der Waals surface area contributed by atoms with Gasteiger partial charge in [0.2, 0.25) is 0 Å². The van der Waals surface area contributed by atoms with Gasteiger partial charge in [-0.2, -0.15) is 0 Å². The van der Waals surface area contributed by atoms with Crippen LogP contribution in [-0.4, -0.2) is 29.0 Å². The molecule has 0 unspecified atom stereocenters. The SMILES string of the molecule is CCNC(=NCc1ncc(CC)s1)NCCc1csc(CC)n1. The molecule has 0 fully saturated rings. The van der Waals surface area contributed by atoms with Gasteiger partial charge >= 0.3 is 0 Å². The van der Waals surface area contributed by atoms with Crippen LogP contribution in [0.15, 0.2) is 16.6 Å². The highest BCUT2D eigenvalue weighted by atomic mass is 32.1. The van der Waals surface area contributed by atoms with Gasteiger partial charge in [-0.15, -0.1) is 22.7 Å². The smallest absolute Gasteiger partial charge is 0.191 e. The van der Waals surface area contributed by atoms with Crippen LogP contribution in [0.1, 0.15) is 41.4 Å². The zero-order valence-corrected chi connectivity index (χ0v) is 15.7. The quantitative estimate of drug-likeness (QED) is 0.567. The highest BCUT2D eigenvalue weighted by molar-refractivity contribution is 7.11. The normalized spacial score (nSPS) is 11.7. The van der Waals surface area contributed by atoms with E-state index in [0.717, 1.165) is 49.0 Å². The lowest BCUT2D eigenvalue weighted by molar-refractivity contribution is 0.788. The summed E-state index contributed by atoms with van der Waals surface area (Å²) in [6.07, 6.45) is 4.91. The number of rotatable bonds is 8. The Labute approximate surface area is 146 Å². The molecule has 5 nitrogen and oxygen atoms in total. The van der Waals surface area contributed by atoms with Gasteiger partial charge in [-0.1, -0.05) is 13.8 Å². The molecule has 0 saturated heterocycles. The van der Waals surface area contributed by atoms with Crippen LogP contribution in [-0.2, 0) is 25.8 Å². The van der Waals surface area contributed by atoms with Gasteiger partial charge in [-0.05, 0) is 19.8 Å². The van der Waals surface area contributed by atoms with E-state index in [-0.39, 0.29) is 0 Å². The Morgan fingerprint density at radius 2 is 2.04 bits per heavy atom. The number of thiazole rings is 2. The average Bonchev–Trinajstić information content (AvgIpc) is 3.21. The second kappa shape index (κ2) is 9.62. The topological polar surface area (TPSA) is 62.2 Å². The molecule has 0 aliphatic heterocycles. The molecule has 126 valence electrons. The lowest BCUT2D eigenvalue weighted by Gasteiger charge is -2.10. The molecule has 0 amide bonds. The molecule has 2 aromatic rings. The molecule has 0 radical (unpaired) electrons. The molecule has 23 heavy (non-hydrogen) atoms. The molecule has 0 aromatic carbocycles. The molecule has 2 heterocycles. The lowest BCUT2D eigenvalue weighted by atomic mass is 10.3. The van der Waals surface area contributed by atoms with E-state index in [9.17, 15) is 0 Å². The molecular weight excluding hydrogens is 326 g/mol. The zero-order valence-electron chi connectivity index (χ0n) is 14.1. The third-order valence-electron chi connectivity index (χ3n) is 3.24. The van der Waals surface area contributed by atoms with Gasteiger partial charge in [0.1, 0.15) is 5.01 Å². The van der Waals surface area contributed by atoms with E-state index in [4.69, 9.17) is 0 Å². The Balaban J connectivity index is 1.83. The number of hydrogen-bond donors (Lipinski definition) is 2. The summed E-state index contributed by atoms with van der Waals surface area (Å²) < 4.78 is 0. The first-order valence-electron chi connectivity index (χ1n) is 8.14. The number of aryl methyl sites for hydroxylation is 2. The predicted molar refractivity (Wildman–Crippen MR) is 99.5 cm³/mol. The van der Waals surface area contributed by atoms with Crippen LogP contribution in [0.3, 0.4) is 0 Å². The van der Waals surface area contributed by atoms with Crippen molar-refractivity contribution in [3.63, 3.8) is 0 Å². The Hall–Kier alpha value is -1.47. The van der Waals surface area contributed by atoms with Crippen molar-refractivity contribution in [3.05, 3.63) is 32.2 Å². The van der Waals surface area contributed by atoms with E-state index in [0.29, 0.717) is 6.54 Å². The maximum Gasteiger partial charge on any atom is 0.191 e. The Morgan fingerprint density at radius 1 is 1.17 bits per heavy atom. The van der Waals surface area contributed by atoms with Crippen LogP contribution in [0.5, 0.6) is 0 Å². The molecule has 2 N–H and O–H groups in total. The van der Waals surface area contributed by atoms with Crippen LogP contribution in [0.2, 0.25) is 0 Å². The molecule has 2 aromatic heterocycles. The standard InChI is InChI=1S/C16H25N5S2/c1-4-13-9-19-15(23-13)10-20-16(17-6-3)18-8-7-12-11-22-14(5-2)21-12/h9,11H,4-8,10H2,1-3H3,(H2,17,18,20). The van der Waals surface area contributed by atoms with Gasteiger partial charge in [0.15, 0.2) is 5.96 Å². The first-order chi connectivity index (χ1) is 11.2. The van der Waals surface area contributed by atoms with Crippen LogP contribution in [0.4, 0.5) is 0 Å². The second-order valence-corrected chi connectivity index (χ2v) is 7.17. The summed E-state index contributed by atoms with van der Waals surface area (Å²) in [7, 11) is 0. The van der Waals surface area contributed by atoms with Crippen LogP contribution in [0, 0.1) is 0 Å². The molecule has 2 rings (SSSR count). The van der Waals surface area contributed by atoms with Gasteiger partial charge in [0, 0.05) is 36.0 Å². The fraction of sp³-hybridized carbons (Fsp3) is 0.562. The third kappa shape index (κ3) is 5.91. The van der Waals surface area contributed by atoms with E-state index in [1.54, 1.807) is 22.7 Å². The van der Waals surface area contributed by atoms with Crippen molar-refractivity contribution < 1.29 is 0 Å². The molecule has 0 saturated carbocycles. The van der Waals surface area contributed by atoms with Crippen LogP contribution >= 0.6 is 22.7 Å². The Morgan fingerprint density at radius 3 is 2.70 bits per heavy atom. The van der Waals surface area contributed by atoms with Gasteiger partial charge in [0.05, 0.1) is 17.2 Å². The monoisotopic (exact) mass is 351 g/mol. The van der Waals surface area contributed by atoms with E-state index < -0.39 is 0 Å². The van der Waals surface area contributed by atoms with E-state index in [2.05, 4.69) is 51.7 Å². The first kappa shape index (κ1) is 17.9. The van der Waals surface area contributed by atoms with Crippen molar-refractivity contribution in [2.45, 2.75) is 46.6 Å². The van der Waals surface area contributed by atoms with Gasteiger partial charge in [-0.25, -0.2) is 15.0 Å². The van der Waals surface area contributed by atoms with Gasteiger partial charge in [0.25, 0.3) is 0 Å². The summed E-state index contributed by atoms with van der Waals surface area (Å²) in [6, 6.07) is 0. The van der Waals surface area contributed by atoms with Crippen molar-refractivity contribution in [1.82, 2.24) is 20.6 Å². The van der Waals surface area contributed by atoms with Crippen molar-refractivity contribution in [2.24, 2.45) is 4.99 Å². The van der Waals surface area contributed by atoms with E-state index in [1.807, 2.05) is 6.20 Å². The van der Waals surface area contributed by atoms with Gasteiger partial charge in [-0.3, -0.25) is 0 Å². The number of guanidine groups is 1. The van der Waals surface area contributed by atoms with E-state index >= 15 is 0 Å². The highest BCUT2D eigenvalue weighted by Crippen LogP contribution is 2.14. The maximum absolute atomic E-state index is 4.61. The van der Waals surface area contributed by atoms with Crippen molar-refractivity contribution >= 4 is 28.6 Å². The predicted octanol–water partition coefficient (Wildman–Crippen LogP) is 3.02. The fourth-order valence-corrected chi connectivity index (χ4v) is 3.57. The number of aromatic nitrogens is 2. The van der Waals surface area contributed by atoms with Crippen LogP contribution < -0.4 is 10.6 Å². The number of hydrogen-bond acceptors (Lipinski definition) is 5. The Bertz CT molecular complexity index is 618. The maximum atomic E-state index is 4.61. The molecule has 0 aliphatic carbocycles. The minimum atomic E-state index is 0.622. The molecular formula is C16H25N5S2. The Kier molecular flexibility index (Phi) is 7.48. The molecule has 0 aliphatic rings. The summed E-state index contributed by atoms with van der Waals surface area (Å²) in [5, 5.41) is 11.1. The largest absolute Gasteiger partial charge is 0.357 e. The zero-order chi connectivity index (χ0) is 16.5. The van der Waals surface area contributed by atoms with Crippen molar-refractivity contribution in [3.8, 4) is 0 Å². The first-order valence-corrected chi connectivity index (χ1v) is 9.83.